The zero-order chi connectivity index (χ0) is 24.4. The van der Waals surface area contributed by atoms with Gasteiger partial charge in [0.2, 0.25) is 0 Å². The maximum absolute atomic E-state index is 13.1. The van der Waals surface area contributed by atoms with Crippen LogP contribution >= 0.6 is 11.3 Å². The van der Waals surface area contributed by atoms with E-state index < -0.39 is 0 Å². The Morgan fingerprint density at radius 2 is 1.94 bits per heavy atom. The first-order valence-electron chi connectivity index (χ1n) is 11.6. The molecule has 0 atom stereocenters. The van der Waals surface area contributed by atoms with Gasteiger partial charge >= 0.3 is 0 Å². The van der Waals surface area contributed by atoms with Crippen molar-refractivity contribution in [1.82, 2.24) is 15.1 Å². The molecule has 8 heteroatoms. The van der Waals surface area contributed by atoms with Gasteiger partial charge in [-0.25, -0.2) is 0 Å². The molecule has 1 fully saturated rings. The summed E-state index contributed by atoms with van der Waals surface area (Å²) in [5.41, 5.74) is 4.47. The molecule has 1 aliphatic rings. The lowest BCUT2D eigenvalue weighted by molar-refractivity contribution is 0.0546. The molecule has 5 rings (SSSR count). The lowest BCUT2D eigenvalue weighted by Crippen LogP contribution is -2.40. The molecule has 3 heterocycles. The molecule has 0 bridgehead atoms. The number of hydrogen-bond acceptors (Lipinski definition) is 5. The van der Waals surface area contributed by atoms with Gasteiger partial charge in [0.05, 0.1) is 22.2 Å². The number of anilines is 1. The number of nitrogens with one attached hydrogen (secondary N) is 2. The number of hydrogen-bond donors (Lipinski definition) is 3. The maximum Gasteiger partial charge on any atom is 0.266 e. The van der Waals surface area contributed by atoms with E-state index in [1.54, 1.807) is 17.0 Å². The minimum absolute atomic E-state index is 0.103. The number of aromatic amines is 1. The van der Waals surface area contributed by atoms with E-state index in [0.717, 1.165) is 27.7 Å². The van der Waals surface area contributed by atoms with Gasteiger partial charge in [-0.15, -0.1) is 11.3 Å². The number of H-pyrrole nitrogens is 1. The molecule has 0 radical (unpaired) electrons. The van der Waals surface area contributed by atoms with Gasteiger partial charge in [0.25, 0.3) is 11.8 Å². The number of para-hydroxylation sites is 1. The number of carbonyl (C=O) groups is 2. The number of aryl methyl sites for hydroxylation is 1. The smallest absolute Gasteiger partial charge is 0.266 e. The molecule has 35 heavy (non-hydrogen) atoms. The number of thiophene rings is 1. The van der Waals surface area contributed by atoms with Crippen molar-refractivity contribution >= 4 is 51.9 Å². The van der Waals surface area contributed by atoms with Gasteiger partial charge in [0.1, 0.15) is 0 Å². The van der Waals surface area contributed by atoms with Gasteiger partial charge in [0, 0.05) is 29.7 Å². The van der Waals surface area contributed by atoms with Crippen LogP contribution in [0.3, 0.4) is 0 Å². The summed E-state index contributed by atoms with van der Waals surface area (Å²) < 4.78 is 0. The van der Waals surface area contributed by atoms with Crippen LogP contribution in [0.15, 0.2) is 53.9 Å². The second-order valence-electron chi connectivity index (χ2n) is 8.70. The summed E-state index contributed by atoms with van der Waals surface area (Å²) in [7, 11) is 0. The van der Waals surface area contributed by atoms with Gasteiger partial charge in [-0.2, -0.15) is 5.10 Å². The molecule has 7 nitrogen and oxygen atoms in total. The molecule has 2 aromatic heterocycles. The Labute approximate surface area is 207 Å². The Bertz CT molecular complexity index is 1410. The molecule has 1 saturated heterocycles. The SMILES string of the molecule is Cc1ccsc1C(=O)Nc1cc(C(=O)N2CCC(O)CC2)ccc1C=Cc1n[nH]c2ccccc12. The first kappa shape index (κ1) is 23.0. The first-order valence-corrected chi connectivity index (χ1v) is 12.5. The summed E-state index contributed by atoms with van der Waals surface area (Å²) in [6.07, 6.45) is 4.59. The number of aromatic nitrogens is 2. The van der Waals surface area contributed by atoms with Crippen LogP contribution in [0.1, 0.15) is 49.7 Å². The number of benzene rings is 2. The lowest BCUT2D eigenvalue weighted by atomic mass is 10.0. The third-order valence-electron chi connectivity index (χ3n) is 6.29. The molecule has 0 unspecified atom stereocenters. The highest BCUT2D eigenvalue weighted by molar-refractivity contribution is 7.12. The topological polar surface area (TPSA) is 98.3 Å². The number of amides is 2. The summed E-state index contributed by atoms with van der Waals surface area (Å²) in [6.45, 7) is 2.94. The number of nitrogens with zero attached hydrogens (tertiary/aromatic N) is 2. The fourth-order valence-electron chi connectivity index (χ4n) is 4.26. The predicted octanol–water partition coefficient (Wildman–Crippen LogP) is 4.95. The second-order valence-corrected chi connectivity index (χ2v) is 9.62. The highest BCUT2D eigenvalue weighted by atomic mass is 32.1. The third kappa shape index (κ3) is 4.89. The molecule has 4 aromatic rings. The number of likely N-dealkylation sites (tertiary alicyclic amines) is 1. The number of carbonyl (C=O) groups excluding carboxylic acids is 2. The number of rotatable bonds is 5. The Morgan fingerprint density at radius 1 is 1.14 bits per heavy atom. The van der Waals surface area contributed by atoms with Crippen molar-refractivity contribution in [2.75, 3.05) is 18.4 Å². The zero-order valence-corrected chi connectivity index (χ0v) is 20.1. The molecule has 0 saturated carbocycles. The van der Waals surface area contributed by atoms with Crippen LogP contribution in [-0.2, 0) is 0 Å². The van der Waals surface area contributed by atoms with Crippen LogP contribution in [0.4, 0.5) is 5.69 Å². The monoisotopic (exact) mass is 486 g/mol. The third-order valence-corrected chi connectivity index (χ3v) is 7.30. The van der Waals surface area contributed by atoms with Gasteiger partial charge in [0.15, 0.2) is 0 Å². The molecule has 0 spiro atoms. The number of piperidine rings is 1. The van der Waals surface area contributed by atoms with Crippen molar-refractivity contribution in [1.29, 1.82) is 0 Å². The zero-order valence-electron chi connectivity index (χ0n) is 19.3. The number of aliphatic hydroxyl groups is 1. The van der Waals surface area contributed by atoms with Crippen molar-refractivity contribution in [2.45, 2.75) is 25.9 Å². The van der Waals surface area contributed by atoms with Crippen LogP contribution in [0.25, 0.3) is 23.1 Å². The molecule has 0 aliphatic carbocycles. The quantitative estimate of drug-likeness (QED) is 0.372. The van der Waals surface area contributed by atoms with Crippen molar-refractivity contribution in [3.8, 4) is 0 Å². The van der Waals surface area contributed by atoms with Gasteiger partial charge < -0.3 is 15.3 Å². The minimum Gasteiger partial charge on any atom is -0.393 e. The summed E-state index contributed by atoms with van der Waals surface area (Å²) in [5.74, 6) is -0.309. The molecular formula is C27H26N4O3S. The largest absolute Gasteiger partial charge is 0.393 e. The van der Waals surface area contributed by atoms with Crippen LogP contribution in [-0.4, -0.2) is 51.2 Å². The Balaban J connectivity index is 1.47. The second kappa shape index (κ2) is 9.85. The van der Waals surface area contributed by atoms with E-state index in [1.807, 2.05) is 60.9 Å². The average molecular weight is 487 g/mol. The van der Waals surface area contributed by atoms with Crippen LogP contribution in [0.5, 0.6) is 0 Å². The highest BCUT2D eigenvalue weighted by Gasteiger charge is 2.23. The number of aliphatic hydroxyl groups excluding tert-OH is 1. The summed E-state index contributed by atoms with van der Waals surface area (Å²) in [5, 5.41) is 23.1. The van der Waals surface area contributed by atoms with Crippen molar-refractivity contribution < 1.29 is 14.7 Å². The molecule has 178 valence electrons. The van der Waals surface area contributed by atoms with Crippen molar-refractivity contribution in [3.63, 3.8) is 0 Å². The Hall–Kier alpha value is -3.75. The van der Waals surface area contributed by atoms with Gasteiger partial charge in [-0.1, -0.05) is 30.3 Å². The van der Waals surface area contributed by atoms with Crippen LogP contribution in [0, 0.1) is 6.92 Å². The Kier molecular flexibility index (Phi) is 6.48. The Morgan fingerprint density at radius 3 is 2.71 bits per heavy atom. The first-order chi connectivity index (χ1) is 17.0. The van der Waals surface area contributed by atoms with Gasteiger partial charge in [-0.05, 0) is 66.6 Å². The minimum atomic E-state index is -0.353. The molecule has 2 amide bonds. The standard InChI is InChI=1S/C27H26N4O3S/c1-17-12-15-35-25(17)26(33)28-24-16-19(27(34)31-13-10-20(32)11-14-31)7-6-18(24)8-9-23-21-4-2-3-5-22(21)29-30-23/h2-9,12,15-16,20,32H,10-11,13-14H2,1H3,(H,28,33)(H,29,30). The van der Waals surface area contributed by atoms with Crippen molar-refractivity contribution in [2.24, 2.45) is 0 Å². The normalized spacial score (nSPS) is 14.6. The van der Waals surface area contributed by atoms with E-state index in [9.17, 15) is 14.7 Å². The fraction of sp³-hybridized carbons (Fsp3) is 0.222. The molecule has 2 aromatic carbocycles. The maximum atomic E-state index is 13.1. The summed E-state index contributed by atoms with van der Waals surface area (Å²) >= 11 is 1.39. The van der Waals surface area contributed by atoms with Crippen LogP contribution < -0.4 is 5.32 Å². The van der Waals surface area contributed by atoms with E-state index in [0.29, 0.717) is 42.1 Å². The molecular weight excluding hydrogens is 460 g/mol. The predicted molar refractivity (Wildman–Crippen MR) is 140 cm³/mol. The van der Waals surface area contributed by atoms with E-state index in [-0.39, 0.29) is 17.9 Å². The highest BCUT2D eigenvalue weighted by Crippen LogP contribution is 2.26. The van der Waals surface area contributed by atoms with Crippen LogP contribution in [0.2, 0.25) is 0 Å². The molecule has 3 N–H and O–H groups in total. The van der Waals surface area contributed by atoms with E-state index in [1.165, 1.54) is 11.3 Å². The molecule has 1 aliphatic heterocycles. The number of fused-ring (bicyclic) bond motifs is 1. The lowest BCUT2D eigenvalue weighted by Gasteiger charge is -2.29. The van der Waals surface area contributed by atoms with E-state index >= 15 is 0 Å². The fourth-order valence-corrected chi connectivity index (χ4v) is 5.08. The van der Waals surface area contributed by atoms with E-state index in [2.05, 4.69) is 15.5 Å². The van der Waals surface area contributed by atoms with E-state index in [4.69, 9.17) is 0 Å². The average Bonchev–Trinajstić information content (AvgIpc) is 3.49. The summed E-state index contributed by atoms with van der Waals surface area (Å²) in [4.78, 5) is 28.5. The van der Waals surface area contributed by atoms with Crippen molar-refractivity contribution in [3.05, 3.63) is 81.2 Å². The summed E-state index contributed by atoms with van der Waals surface area (Å²) in [6, 6.07) is 15.1. The van der Waals surface area contributed by atoms with Gasteiger partial charge in [-0.3, -0.25) is 14.7 Å².